The third-order valence-electron chi connectivity index (χ3n) is 6.16. The average molecular weight is 349 g/mol. The van der Waals surface area contributed by atoms with Crippen molar-refractivity contribution < 1.29 is 4.74 Å². The van der Waals surface area contributed by atoms with Gasteiger partial charge in [-0.25, -0.2) is 0 Å². The SMILES string of the molecule is CCOc1c(C)c(C)c(C#Cc2c(C)c(C)c(C)c(C)c2C)c(C)c1C. The molecule has 0 fully saturated rings. The van der Waals surface area contributed by atoms with E-state index >= 15 is 0 Å². The lowest BCUT2D eigenvalue weighted by Gasteiger charge is -2.18. The minimum atomic E-state index is 0.686. The zero-order valence-corrected chi connectivity index (χ0v) is 18.1. The predicted molar refractivity (Wildman–Crippen MR) is 113 cm³/mol. The Labute approximate surface area is 159 Å². The van der Waals surface area contributed by atoms with Crippen LogP contribution in [-0.4, -0.2) is 6.61 Å². The zero-order chi connectivity index (χ0) is 19.8. The first kappa shape index (κ1) is 20.1. The van der Waals surface area contributed by atoms with Gasteiger partial charge in [-0.15, -0.1) is 0 Å². The summed E-state index contributed by atoms with van der Waals surface area (Å²) < 4.78 is 5.88. The Balaban J connectivity index is 2.71. The Bertz CT molecular complexity index is 875. The molecule has 0 aliphatic carbocycles. The Kier molecular flexibility index (Phi) is 5.87. The van der Waals surface area contributed by atoms with Gasteiger partial charge in [-0.3, -0.25) is 0 Å². The highest BCUT2D eigenvalue weighted by Crippen LogP contribution is 2.32. The lowest BCUT2D eigenvalue weighted by molar-refractivity contribution is 0.335. The molecule has 0 bridgehead atoms. The number of rotatable bonds is 2. The van der Waals surface area contributed by atoms with Crippen LogP contribution in [0, 0.1) is 74.2 Å². The molecule has 2 aromatic rings. The monoisotopic (exact) mass is 348 g/mol. The van der Waals surface area contributed by atoms with Gasteiger partial charge in [-0.1, -0.05) is 11.8 Å². The number of benzene rings is 2. The van der Waals surface area contributed by atoms with E-state index in [1.54, 1.807) is 0 Å². The van der Waals surface area contributed by atoms with E-state index in [-0.39, 0.29) is 0 Å². The highest BCUT2D eigenvalue weighted by Gasteiger charge is 2.15. The van der Waals surface area contributed by atoms with Gasteiger partial charge < -0.3 is 4.74 Å². The highest BCUT2D eigenvalue weighted by molar-refractivity contribution is 5.63. The highest BCUT2D eigenvalue weighted by atomic mass is 16.5. The summed E-state index contributed by atoms with van der Waals surface area (Å²) >= 11 is 0. The van der Waals surface area contributed by atoms with Gasteiger partial charge in [0.1, 0.15) is 5.75 Å². The number of ether oxygens (including phenoxy) is 1. The van der Waals surface area contributed by atoms with Gasteiger partial charge in [0.15, 0.2) is 0 Å². The van der Waals surface area contributed by atoms with Crippen LogP contribution in [0.1, 0.15) is 68.1 Å². The van der Waals surface area contributed by atoms with Crippen molar-refractivity contribution in [2.75, 3.05) is 6.61 Å². The molecule has 0 unspecified atom stereocenters. The van der Waals surface area contributed by atoms with E-state index in [2.05, 4.69) is 74.2 Å². The Hall–Kier alpha value is -2.20. The maximum atomic E-state index is 5.88. The molecule has 0 heterocycles. The second kappa shape index (κ2) is 7.58. The van der Waals surface area contributed by atoms with Crippen molar-refractivity contribution in [3.8, 4) is 17.6 Å². The second-order valence-corrected chi connectivity index (χ2v) is 7.39. The summed E-state index contributed by atoms with van der Waals surface area (Å²) in [5.41, 5.74) is 13.8. The maximum Gasteiger partial charge on any atom is 0.125 e. The zero-order valence-electron chi connectivity index (χ0n) is 18.1. The predicted octanol–water partition coefficient (Wildman–Crippen LogP) is 6.26. The van der Waals surface area contributed by atoms with E-state index in [0.717, 1.165) is 11.3 Å². The first-order valence-electron chi connectivity index (χ1n) is 9.45. The largest absolute Gasteiger partial charge is 0.493 e. The molecule has 26 heavy (non-hydrogen) atoms. The van der Waals surface area contributed by atoms with Crippen LogP contribution in [0.25, 0.3) is 0 Å². The summed E-state index contributed by atoms with van der Waals surface area (Å²) in [6, 6.07) is 0. The van der Waals surface area contributed by atoms with Crippen molar-refractivity contribution in [1.29, 1.82) is 0 Å². The molecule has 0 aromatic heterocycles. The fourth-order valence-electron chi connectivity index (χ4n) is 3.64. The summed E-state index contributed by atoms with van der Waals surface area (Å²) in [6.45, 7) is 22.3. The molecule has 0 aliphatic rings. The van der Waals surface area contributed by atoms with Gasteiger partial charge >= 0.3 is 0 Å². The second-order valence-electron chi connectivity index (χ2n) is 7.39. The topological polar surface area (TPSA) is 9.23 Å². The molecular weight excluding hydrogens is 316 g/mol. The van der Waals surface area contributed by atoms with Crippen LogP contribution in [0.2, 0.25) is 0 Å². The minimum Gasteiger partial charge on any atom is -0.493 e. The summed E-state index contributed by atoms with van der Waals surface area (Å²) in [5.74, 6) is 8.02. The van der Waals surface area contributed by atoms with Crippen LogP contribution in [0.3, 0.4) is 0 Å². The molecule has 2 rings (SSSR count). The summed E-state index contributed by atoms with van der Waals surface area (Å²) in [7, 11) is 0. The summed E-state index contributed by atoms with van der Waals surface area (Å²) in [4.78, 5) is 0. The third-order valence-corrected chi connectivity index (χ3v) is 6.16. The van der Waals surface area contributed by atoms with Crippen molar-refractivity contribution >= 4 is 0 Å². The smallest absolute Gasteiger partial charge is 0.125 e. The molecule has 1 heteroatoms. The Morgan fingerprint density at radius 1 is 0.500 bits per heavy atom. The van der Waals surface area contributed by atoms with Crippen molar-refractivity contribution in [3.63, 3.8) is 0 Å². The van der Waals surface area contributed by atoms with E-state index < -0.39 is 0 Å². The third kappa shape index (κ3) is 3.26. The molecule has 0 N–H and O–H groups in total. The van der Waals surface area contributed by atoms with Gasteiger partial charge in [0.2, 0.25) is 0 Å². The molecule has 0 radical (unpaired) electrons. The van der Waals surface area contributed by atoms with Crippen LogP contribution in [0.15, 0.2) is 0 Å². The lowest BCUT2D eigenvalue weighted by atomic mass is 9.89. The van der Waals surface area contributed by atoms with Crippen molar-refractivity contribution in [3.05, 3.63) is 61.2 Å². The van der Waals surface area contributed by atoms with Crippen molar-refractivity contribution in [2.45, 2.75) is 69.2 Å². The van der Waals surface area contributed by atoms with E-state index in [1.807, 2.05) is 6.92 Å². The maximum absolute atomic E-state index is 5.88. The minimum absolute atomic E-state index is 0.686. The molecule has 138 valence electrons. The van der Waals surface area contributed by atoms with Crippen LogP contribution < -0.4 is 4.74 Å². The summed E-state index contributed by atoms with van der Waals surface area (Å²) in [5, 5.41) is 0. The fourth-order valence-corrected chi connectivity index (χ4v) is 3.64. The van der Waals surface area contributed by atoms with E-state index in [0.29, 0.717) is 6.61 Å². The average Bonchev–Trinajstić information content (AvgIpc) is 2.62. The standard InChI is InChI=1S/C25H32O/c1-11-26-25-21(9)19(7)24(20(8)22(25)10)13-12-23-17(5)15(3)14(2)16(4)18(23)6/h11H2,1-10H3. The number of hydrogen-bond donors (Lipinski definition) is 0. The van der Waals surface area contributed by atoms with Crippen LogP contribution >= 0.6 is 0 Å². The van der Waals surface area contributed by atoms with Gasteiger partial charge in [0.25, 0.3) is 0 Å². The van der Waals surface area contributed by atoms with Gasteiger partial charge in [-0.05, 0) is 119 Å². The molecule has 0 aliphatic heterocycles. The van der Waals surface area contributed by atoms with Gasteiger partial charge in [0, 0.05) is 11.1 Å². The lowest BCUT2D eigenvalue weighted by Crippen LogP contribution is -2.04. The Morgan fingerprint density at radius 2 is 0.808 bits per heavy atom. The van der Waals surface area contributed by atoms with E-state index in [9.17, 15) is 0 Å². The fraction of sp³-hybridized carbons (Fsp3) is 0.440. The normalized spacial score (nSPS) is 10.5. The molecular formula is C25H32O. The molecule has 0 saturated carbocycles. The van der Waals surface area contributed by atoms with Gasteiger partial charge in [-0.2, -0.15) is 0 Å². The molecule has 1 nitrogen and oxygen atoms in total. The van der Waals surface area contributed by atoms with Crippen molar-refractivity contribution in [2.24, 2.45) is 0 Å². The van der Waals surface area contributed by atoms with Crippen LogP contribution in [0.4, 0.5) is 0 Å². The molecule has 0 saturated heterocycles. The first-order valence-corrected chi connectivity index (χ1v) is 9.45. The Morgan fingerprint density at radius 3 is 1.15 bits per heavy atom. The molecule has 0 atom stereocenters. The van der Waals surface area contributed by atoms with E-state index in [1.165, 1.54) is 55.6 Å². The van der Waals surface area contributed by atoms with E-state index in [4.69, 9.17) is 4.74 Å². The number of hydrogen-bond acceptors (Lipinski definition) is 1. The molecule has 0 amide bonds. The summed E-state index contributed by atoms with van der Waals surface area (Å²) in [6.07, 6.45) is 0. The quantitative estimate of drug-likeness (QED) is 0.582. The van der Waals surface area contributed by atoms with Crippen LogP contribution in [0.5, 0.6) is 5.75 Å². The van der Waals surface area contributed by atoms with Gasteiger partial charge in [0.05, 0.1) is 6.61 Å². The molecule has 2 aromatic carbocycles. The molecule has 0 spiro atoms. The van der Waals surface area contributed by atoms with Crippen LogP contribution in [-0.2, 0) is 0 Å². The van der Waals surface area contributed by atoms with Crippen molar-refractivity contribution in [1.82, 2.24) is 0 Å². The first-order chi connectivity index (χ1) is 12.1.